The fourth-order valence-electron chi connectivity index (χ4n) is 2.01. The summed E-state index contributed by atoms with van der Waals surface area (Å²) in [5.74, 6) is -0.491. The maximum atomic E-state index is 12.2. The number of oxime groups is 1. The minimum atomic E-state index is -0.717. The molecular weight excluding hydrogens is 338 g/mol. The first-order valence-corrected chi connectivity index (χ1v) is 8.04. The molecule has 0 saturated carbocycles. The fraction of sp³-hybridized carbons (Fsp3) is 0.200. The Balaban J connectivity index is 1.61. The van der Waals surface area contributed by atoms with E-state index in [1.165, 1.54) is 18.3 Å². The summed E-state index contributed by atoms with van der Waals surface area (Å²) >= 11 is 7.04. The molecule has 1 aliphatic rings. The van der Waals surface area contributed by atoms with Crippen LogP contribution in [0.15, 0.2) is 34.8 Å². The number of aromatic nitrogens is 1. The van der Waals surface area contributed by atoms with Crippen LogP contribution >= 0.6 is 22.9 Å². The summed E-state index contributed by atoms with van der Waals surface area (Å²) in [6.07, 6.45) is -0.358. The summed E-state index contributed by atoms with van der Waals surface area (Å²) in [6, 6.07) is 7.16. The maximum absolute atomic E-state index is 12.2. The van der Waals surface area contributed by atoms with Crippen LogP contribution in [0.4, 0.5) is 5.13 Å². The van der Waals surface area contributed by atoms with Crippen molar-refractivity contribution in [2.45, 2.75) is 19.4 Å². The molecule has 0 aliphatic carbocycles. The highest BCUT2D eigenvalue weighted by Crippen LogP contribution is 2.21. The molecule has 2 aromatic rings. The molecular formula is C15H12ClN3O3S. The van der Waals surface area contributed by atoms with Gasteiger partial charge in [-0.25, -0.2) is 4.98 Å². The molecule has 1 unspecified atom stereocenters. The molecule has 1 N–H and O–H groups in total. The number of halogens is 1. The zero-order valence-electron chi connectivity index (χ0n) is 12.1. The quantitative estimate of drug-likeness (QED) is 0.860. The lowest BCUT2D eigenvalue weighted by Gasteiger charge is -2.06. The number of anilines is 1. The molecule has 118 valence electrons. The zero-order chi connectivity index (χ0) is 16.4. The predicted octanol–water partition coefficient (Wildman–Crippen LogP) is 3.13. The van der Waals surface area contributed by atoms with E-state index in [-0.39, 0.29) is 11.7 Å². The van der Waals surface area contributed by atoms with Crippen molar-refractivity contribution in [1.82, 2.24) is 4.98 Å². The van der Waals surface area contributed by atoms with Gasteiger partial charge in [-0.15, -0.1) is 11.3 Å². The van der Waals surface area contributed by atoms with Gasteiger partial charge in [0.05, 0.1) is 5.71 Å². The van der Waals surface area contributed by atoms with Gasteiger partial charge in [0, 0.05) is 23.7 Å². The number of hydrogen-bond acceptors (Lipinski definition) is 6. The first kappa shape index (κ1) is 15.6. The van der Waals surface area contributed by atoms with Crippen molar-refractivity contribution in [3.63, 3.8) is 0 Å². The summed E-state index contributed by atoms with van der Waals surface area (Å²) < 4.78 is 0. The molecule has 3 rings (SSSR count). The Kier molecular flexibility index (Phi) is 4.40. The first-order chi connectivity index (χ1) is 11.0. The molecule has 6 nitrogen and oxygen atoms in total. The monoisotopic (exact) mass is 349 g/mol. The van der Waals surface area contributed by atoms with Crippen molar-refractivity contribution in [2.24, 2.45) is 5.16 Å². The van der Waals surface area contributed by atoms with E-state index >= 15 is 0 Å². The van der Waals surface area contributed by atoms with Crippen LogP contribution in [-0.2, 0) is 9.63 Å². The van der Waals surface area contributed by atoms with Crippen molar-refractivity contribution in [3.05, 3.63) is 45.9 Å². The molecule has 23 heavy (non-hydrogen) atoms. The third-order valence-electron chi connectivity index (χ3n) is 3.23. The molecule has 1 aromatic carbocycles. The largest absolute Gasteiger partial charge is 0.382 e. The summed E-state index contributed by atoms with van der Waals surface area (Å²) in [5.41, 5.74) is 1.87. The Morgan fingerprint density at radius 2 is 2.09 bits per heavy atom. The number of rotatable bonds is 4. The molecule has 2 heterocycles. The van der Waals surface area contributed by atoms with E-state index in [1.54, 1.807) is 17.5 Å². The van der Waals surface area contributed by atoms with Gasteiger partial charge in [-0.05, 0) is 17.7 Å². The van der Waals surface area contributed by atoms with Crippen LogP contribution in [0, 0.1) is 0 Å². The van der Waals surface area contributed by atoms with Crippen molar-refractivity contribution < 1.29 is 14.4 Å². The van der Waals surface area contributed by atoms with E-state index in [1.807, 2.05) is 12.1 Å². The Hall–Kier alpha value is -2.25. The highest BCUT2D eigenvalue weighted by molar-refractivity contribution is 7.14. The Bertz CT molecular complexity index is 786. The van der Waals surface area contributed by atoms with Crippen LogP contribution in [0.25, 0.3) is 0 Å². The number of amides is 1. The Morgan fingerprint density at radius 3 is 2.74 bits per heavy atom. The second-order valence-corrected chi connectivity index (χ2v) is 6.22. The minimum Gasteiger partial charge on any atom is -0.382 e. The summed E-state index contributed by atoms with van der Waals surface area (Å²) in [7, 11) is 0. The van der Waals surface area contributed by atoms with Gasteiger partial charge in [0.2, 0.25) is 6.10 Å². The number of carbonyl (C=O) groups is 2. The number of carbonyl (C=O) groups excluding carboxylic acids is 2. The van der Waals surface area contributed by atoms with Crippen LogP contribution in [0.3, 0.4) is 0 Å². The topological polar surface area (TPSA) is 80.7 Å². The first-order valence-electron chi connectivity index (χ1n) is 6.79. The summed E-state index contributed by atoms with van der Waals surface area (Å²) in [5, 5.41) is 9.19. The molecule has 1 aliphatic heterocycles. The smallest absolute Gasteiger partial charge is 0.270 e. The van der Waals surface area contributed by atoms with Gasteiger partial charge in [0.1, 0.15) is 5.69 Å². The molecule has 1 aromatic heterocycles. The highest BCUT2D eigenvalue weighted by atomic mass is 35.5. The number of hydrogen-bond donors (Lipinski definition) is 1. The molecule has 0 fully saturated rings. The van der Waals surface area contributed by atoms with E-state index in [4.69, 9.17) is 16.4 Å². The van der Waals surface area contributed by atoms with Crippen LogP contribution in [0.2, 0.25) is 5.02 Å². The Morgan fingerprint density at radius 1 is 1.35 bits per heavy atom. The second kappa shape index (κ2) is 6.47. The van der Waals surface area contributed by atoms with E-state index in [0.717, 1.165) is 5.56 Å². The van der Waals surface area contributed by atoms with Gasteiger partial charge in [-0.2, -0.15) is 0 Å². The van der Waals surface area contributed by atoms with Crippen molar-refractivity contribution in [3.8, 4) is 0 Å². The van der Waals surface area contributed by atoms with Gasteiger partial charge in [-0.1, -0.05) is 28.9 Å². The number of nitrogens with one attached hydrogen (secondary N) is 1. The molecule has 1 atom stereocenters. The van der Waals surface area contributed by atoms with Crippen LogP contribution < -0.4 is 5.32 Å². The van der Waals surface area contributed by atoms with Gasteiger partial charge in [0.15, 0.2) is 10.9 Å². The number of Topliss-reactive ketones (excluding diaryl/α,β-unsaturated/α-hetero) is 1. The Labute approximate surface area is 141 Å². The van der Waals surface area contributed by atoms with E-state index in [9.17, 15) is 9.59 Å². The second-order valence-electron chi connectivity index (χ2n) is 4.93. The van der Waals surface area contributed by atoms with Crippen molar-refractivity contribution >= 4 is 45.5 Å². The minimum absolute atomic E-state index is 0.146. The average Bonchev–Trinajstić information content (AvgIpc) is 3.17. The maximum Gasteiger partial charge on any atom is 0.270 e. The van der Waals surface area contributed by atoms with Crippen LogP contribution in [-0.4, -0.2) is 28.5 Å². The zero-order valence-corrected chi connectivity index (χ0v) is 13.6. The number of nitrogens with zero attached hydrogens (tertiary/aromatic N) is 2. The summed E-state index contributed by atoms with van der Waals surface area (Å²) in [4.78, 5) is 32.6. The number of benzene rings is 1. The van der Waals surface area contributed by atoms with Gasteiger partial charge >= 0.3 is 0 Å². The van der Waals surface area contributed by atoms with Crippen molar-refractivity contribution in [2.75, 3.05) is 5.32 Å². The molecule has 8 heteroatoms. The lowest BCUT2D eigenvalue weighted by molar-refractivity contribution is -0.125. The molecule has 0 saturated heterocycles. The van der Waals surface area contributed by atoms with E-state index < -0.39 is 6.10 Å². The fourth-order valence-corrected chi connectivity index (χ4v) is 2.89. The van der Waals surface area contributed by atoms with Gasteiger partial charge < -0.3 is 4.84 Å². The lowest BCUT2D eigenvalue weighted by atomic mass is 10.0. The molecule has 1 amide bonds. The number of ketones is 1. The highest BCUT2D eigenvalue weighted by Gasteiger charge is 2.29. The normalized spacial score (nSPS) is 16.6. The molecule has 0 spiro atoms. The lowest BCUT2D eigenvalue weighted by Crippen LogP contribution is -2.28. The van der Waals surface area contributed by atoms with Gasteiger partial charge in [-0.3, -0.25) is 14.9 Å². The van der Waals surface area contributed by atoms with Crippen LogP contribution in [0.5, 0.6) is 0 Å². The van der Waals surface area contributed by atoms with Crippen molar-refractivity contribution in [1.29, 1.82) is 0 Å². The SMILES string of the molecule is CC(=O)c1csc(NC(=O)C2CC(c3ccc(Cl)cc3)=NO2)n1. The molecule has 0 bridgehead atoms. The summed E-state index contributed by atoms with van der Waals surface area (Å²) in [6.45, 7) is 1.42. The standard InChI is InChI=1S/C15H12ClN3O3S/c1-8(20)12-7-23-15(17-12)18-14(21)13-6-11(19-22-13)9-2-4-10(16)5-3-9/h2-5,7,13H,6H2,1H3,(H,17,18,21). The third kappa shape index (κ3) is 3.57. The average molecular weight is 350 g/mol. The predicted molar refractivity (Wildman–Crippen MR) is 88.2 cm³/mol. The number of thiazole rings is 1. The molecule has 0 radical (unpaired) electrons. The third-order valence-corrected chi connectivity index (χ3v) is 4.24. The van der Waals surface area contributed by atoms with Gasteiger partial charge in [0.25, 0.3) is 5.91 Å². The van der Waals surface area contributed by atoms with E-state index in [0.29, 0.717) is 28.0 Å². The van der Waals surface area contributed by atoms with E-state index in [2.05, 4.69) is 15.5 Å². The van der Waals surface area contributed by atoms with Crippen LogP contribution in [0.1, 0.15) is 29.4 Å².